The minimum Gasteiger partial charge on any atom is -0.390 e. The summed E-state index contributed by atoms with van der Waals surface area (Å²) in [5.41, 5.74) is 4.40. The molecule has 24 heavy (non-hydrogen) atoms. The van der Waals surface area contributed by atoms with Gasteiger partial charge >= 0.3 is 6.03 Å². The zero-order chi connectivity index (χ0) is 16.7. The summed E-state index contributed by atoms with van der Waals surface area (Å²) < 4.78 is 1.89. The van der Waals surface area contributed by atoms with Gasteiger partial charge in [-0.25, -0.2) is 4.79 Å². The molecule has 126 valence electrons. The van der Waals surface area contributed by atoms with E-state index >= 15 is 0 Å². The summed E-state index contributed by atoms with van der Waals surface area (Å²) in [7, 11) is 1.94. The molecule has 0 aliphatic heterocycles. The maximum Gasteiger partial charge on any atom is 0.315 e. The highest BCUT2D eigenvalue weighted by molar-refractivity contribution is 5.75. The lowest BCUT2D eigenvalue weighted by molar-refractivity contribution is 0.141. The predicted octanol–water partition coefficient (Wildman–Crippen LogP) is 1.75. The third kappa shape index (κ3) is 2.57. The van der Waals surface area contributed by atoms with Crippen LogP contribution in [0.2, 0.25) is 0 Å². The van der Waals surface area contributed by atoms with Gasteiger partial charge in [-0.2, -0.15) is 5.10 Å². The minimum absolute atomic E-state index is 0.0174. The molecule has 0 bridgehead atoms. The van der Waals surface area contributed by atoms with Crippen molar-refractivity contribution in [3.63, 3.8) is 0 Å². The van der Waals surface area contributed by atoms with Crippen molar-refractivity contribution in [2.75, 3.05) is 0 Å². The molecular weight excluding hydrogens is 304 g/mol. The largest absolute Gasteiger partial charge is 0.390 e. The van der Waals surface area contributed by atoms with Crippen LogP contribution in [0, 0.1) is 0 Å². The molecule has 0 fully saturated rings. The van der Waals surface area contributed by atoms with Crippen LogP contribution in [0.4, 0.5) is 4.79 Å². The summed E-state index contributed by atoms with van der Waals surface area (Å²) in [5, 5.41) is 20.6. The summed E-state index contributed by atoms with van der Waals surface area (Å²) in [6.45, 7) is 0. The Morgan fingerprint density at radius 2 is 2.12 bits per heavy atom. The minimum atomic E-state index is -0.576. The van der Waals surface area contributed by atoms with Crippen LogP contribution in [-0.2, 0) is 19.9 Å². The fraction of sp³-hybridized carbons (Fsp3) is 0.444. The van der Waals surface area contributed by atoms with Crippen molar-refractivity contribution in [3.8, 4) is 0 Å². The first-order chi connectivity index (χ1) is 11.6. The molecule has 1 aromatic heterocycles. The van der Waals surface area contributed by atoms with Crippen LogP contribution in [0.25, 0.3) is 0 Å². The number of rotatable bonds is 2. The number of fused-ring (bicyclic) bond motifs is 2. The molecular formula is C18H22N4O2. The van der Waals surface area contributed by atoms with Crippen molar-refractivity contribution in [1.82, 2.24) is 20.4 Å². The third-order valence-electron chi connectivity index (χ3n) is 5.17. The fourth-order valence-electron chi connectivity index (χ4n) is 3.95. The number of amides is 2. The van der Waals surface area contributed by atoms with Gasteiger partial charge in [-0.15, -0.1) is 0 Å². The van der Waals surface area contributed by atoms with Gasteiger partial charge < -0.3 is 15.7 Å². The molecule has 3 atom stereocenters. The van der Waals surface area contributed by atoms with Gasteiger partial charge in [-0.05, 0) is 30.4 Å². The number of nitrogens with zero attached hydrogens (tertiary/aromatic N) is 2. The Labute approximate surface area is 140 Å². The van der Waals surface area contributed by atoms with E-state index in [2.05, 4.69) is 15.7 Å². The summed E-state index contributed by atoms with van der Waals surface area (Å²) in [6.07, 6.45) is 4.80. The lowest BCUT2D eigenvalue weighted by atomic mass is 9.93. The van der Waals surface area contributed by atoms with E-state index in [-0.39, 0.29) is 18.1 Å². The Morgan fingerprint density at radius 1 is 1.29 bits per heavy atom. The number of carbonyl (C=O) groups is 1. The fourth-order valence-corrected chi connectivity index (χ4v) is 3.95. The molecule has 1 heterocycles. The van der Waals surface area contributed by atoms with E-state index in [0.717, 1.165) is 36.0 Å². The number of carbonyl (C=O) groups excluding carboxylic acids is 1. The molecule has 2 amide bonds. The third-order valence-corrected chi connectivity index (χ3v) is 5.17. The van der Waals surface area contributed by atoms with Gasteiger partial charge in [0.05, 0.1) is 24.4 Å². The van der Waals surface area contributed by atoms with E-state index in [4.69, 9.17) is 0 Å². The molecule has 2 aromatic rings. The molecule has 0 saturated carbocycles. The van der Waals surface area contributed by atoms with Crippen LogP contribution in [0.5, 0.6) is 0 Å². The van der Waals surface area contributed by atoms with Gasteiger partial charge in [0.1, 0.15) is 0 Å². The van der Waals surface area contributed by atoms with Crippen LogP contribution < -0.4 is 10.6 Å². The van der Waals surface area contributed by atoms with Gasteiger partial charge in [0.15, 0.2) is 0 Å². The van der Waals surface area contributed by atoms with Gasteiger partial charge in [-0.3, -0.25) is 4.68 Å². The Kier molecular flexibility index (Phi) is 3.76. The van der Waals surface area contributed by atoms with Gasteiger partial charge in [0.25, 0.3) is 0 Å². The first-order valence-electron chi connectivity index (χ1n) is 8.47. The molecule has 0 radical (unpaired) electrons. The number of aromatic nitrogens is 2. The second-order valence-electron chi connectivity index (χ2n) is 6.68. The van der Waals surface area contributed by atoms with E-state index in [0.29, 0.717) is 6.42 Å². The highest BCUT2D eigenvalue weighted by Crippen LogP contribution is 2.32. The number of benzene rings is 1. The van der Waals surface area contributed by atoms with Crippen molar-refractivity contribution in [2.24, 2.45) is 7.05 Å². The summed E-state index contributed by atoms with van der Waals surface area (Å²) in [5.74, 6) is 0. The van der Waals surface area contributed by atoms with Crippen LogP contribution in [0.15, 0.2) is 30.5 Å². The van der Waals surface area contributed by atoms with Crippen molar-refractivity contribution in [1.29, 1.82) is 0 Å². The highest BCUT2D eigenvalue weighted by atomic mass is 16.3. The standard InChI is InChI=1S/C18H22N4O2/c1-22-15-8-4-7-14(13(15)10-19-22)20-18(24)21-17-12-6-3-2-5-11(12)9-16(17)23/h2-3,5-6,10,14,16-17,23H,4,7-9H2,1H3,(H2,20,21,24)/t14-,16+,17-/m1/s1. The number of hydrogen-bond donors (Lipinski definition) is 3. The lowest BCUT2D eigenvalue weighted by Crippen LogP contribution is -2.43. The molecule has 0 unspecified atom stereocenters. The first kappa shape index (κ1) is 15.2. The average Bonchev–Trinajstić information content (AvgIpc) is 3.10. The first-order valence-corrected chi connectivity index (χ1v) is 8.47. The van der Waals surface area contributed by atoms with E-state index < -0.39 is 6.10 Å². The van der Waals surface area contributed by atoms with Crippen LogP contribution >= 0.6 is 0 Å². The maximum absolute atomic E-state index is 12.5. The second kappa shape index (κ2) is 5.94. The highest BCUT2D eigenvalue weighted by Gasteiger charge is 2.33. The molecule has 0 saturated heterocycles. The monoisotopic (exact) mass is 326 g/mol. The van der Waals surface area contributed by atoms with Crippen molar-refractivity contribution < 1.29 is 9.90 Å². The summed E-state index contributed by atoms with van der Waals surface area (Å²) >= 11 is 0. The molecule has 4 rings (SSSR count). The zero-order valence-electron chi connectivity index (χ0n) is 13.7. The Hall–Kier alpha value is -2.34. The molecule has 1 aromatic carbocycles. The van der Waals surface area contributed by atoms with Gasteiger partial charge in [0.2, 0.25) is 0 Å². The molecule has 3 N–H and O–H groups in total. The summed E-state index contributed by atoms with van der Waals surface area (Å²) in [6, 6.07) is 7.26. The van der Waals surface area contributed by atoms with Crippen LogP contribution in [0.1, 0.15) is 47.3 Å². The second-order valence-corrected chi connectivity index (χ2v) is 6.68. The normalized spacial score (nSPS) is 25.0. The number of urea groups is 1. The topological polar surface area (TPSA) is 79.2 Å². The molecule has 0 spiro atoms. The zero-order valence-corrected chi connectivity index (χ0v) is 13.7. The number of nitrogens with one attached hydrogen (secondary N) is 2. The van der Waals surface area contributed by atoms with Crippen molar-refractivity contribution in [2.45, 2.75) is 43.9 Å². The van der Waals surface area contributed by atoms with Crippen LogP contribution in [-0.4, -0.2) is 27.0 Å². The number of aliphatic hydroxyl groups excluding tert-OH is 1. The summed E-state index contributed by atoms with van der Waals surface area (Å²) in [4.78, 5) is 12.5. The predicted molar refractivity (Wildman–Crippen MR) is 89.4 cm³/mol. The van der Waals surface area contributed by atoms with Crippen LogP contribution in [0.3, 0.4) is 0 Å². The van der Waals surface area contributed by atoms with E-state index in [1.807, 2.05) is 42.2 Å². The van der Waals surface area contributed by atoms with Crippen molar-refractivity contribution >= 4 is 6.03 Å². The Bertz CT molecular complexity index is 770. The van der Waals surface area contributed by atoms with E-state index in [9.17, 15) is 9.90 Å². The van der Waals surface area contributed by atoms with E-state index in [1.54, 1.807) is 0 Å². The number of aliphatic hydroxyl groups is 1. The molecule has 2 aliphatic rings. The quantitative estimate of drug-likeness (QED) is 0.787. The maximum atomic E-state index is 12.5. The van der Waals surface area contributed by atoms with Gasteiger partial charge in [-0.1, -0.05) is 24.3 Å². The van der Waals surface area contributed by atoms with Gasteiger partial charge in [0, 0.05) is 24.7 Å². The van der Waals surface area contributed by atoms with E-state index in [1.165, 1.54) is 5.69 Å². The molecule has 2 aliphatic carbocycles. The molecule has 6 heteroatoms. The Morgan fingerprint density at radius 3 is 3.00 bits per heavy atom. The average molecular weight is 326 g/mol. The molecule has 6 nitrogen and oxygen atoms in total. The van der Waals surface area contributed by atoms with Crippen molar-refractivity contribution in [3.05, 3.63) is 52.8 Å². The SMILES string of the molecule is Cn1ncc2c1CCC[C@H]2NC(=O)N[C@@H]1c2ccccc2C[C@@H]1O. The number of aryl methyl sites for hydroxylation is 1. The smallest absolute Gasteiger partial charge is 0.315 e. The Balaban J connectivity index is 1.47. The lowest BCUT2D eigenvalue weighted by Gasteiger charge is -2.25. The number of hydrogen-bond acceptors (Lipinski definition) is 3.